The van der Waals surface area contributed by atoms with Crippen LogP contribution in [0.25, 0.3) is 0 Å². The van der Waals surface area contributed by atoms with Gasteiger partial charge >= 0.3 is 5.97 Å². The van der Waals surface area contributed by atoms with Gasteiger partial charge in [-0.15, -0.1) is 0 Å². The standard InChI is InChI=1S/C19H18F2N2O3/c20-14-5-6-16(21)13(9-14)11-23(15-3-1-2-4-15)18(24)12-7-8-22-17(10-12)19(25)26/h5-10,15H,1-4,11H2,(H,25,26). The third kappa shape index (κ3) is 3.87. The molecule has 1 aliphatic carbocycles. The number of amides is 1. The molecule has 1 amide bonds. The van der Waals surface area contributed by atoms with E-state index >= 15 is 0 Å². The predicted octanol–water partition coefficient (Wildman–Crippen LogP) is 3.64. The van der Waals surface area contributed by atoms with Crippen molar-refractivity contribution in [3.8, 4) is 0 Å². The summed E-state index contributed by atoms with van der Waals surface area (Å²) in [6, 6.07) is 5.69. The Hall–Kier alpha value is -2.83. The lowest BCUT2D eigenvalue weighted by atomic mass is 10.1. The number of hydrogen-bond donors (Lipinski definition) is 1. The second kappa shape index (κ2) is 7.59. The average molecular weight is 360 g/mol. The minimum absolute atomic E-state index is 0.0716. The third-order valence-corrected chi connectivity index (χ3v) is 4.60. The van der Waals surface area contributed by atoms with Gasteiger partial charge in [-0.2, -0.15) is 0 Å². The maximum absolute atomic E-state index is 14.1. The maximum atomic E-state index is 14.1. The Labute approximate surface area is 149 Å². The van der Waals surface area contributed by atoms with Crippen LogP contribution < -0.4 is 0 Å². The van der Waals surface area contributed by atoms with Crippen LogP contribution in [-0.4, -0.2) is 32.9 Å². The van der Waals surface area contributed by atoms with Crippen molar-refractivity contribution >= 4 is 11.9 Å². The normalized spacial score (nSPS) is 14.4. The number of nitrogens with zero attached hydrogens (tertiary/aromatic N) is 2. The van der Waals surface area contributed by atoms with Crippen molar-refractivity contribution < 1.29 is 23.5 Å². The lowest BCUT2D eigenvalue weighted by Gasteiger charge is -2.29. The van der Waals surface area contributed by atoms with Crippen LogP contribution in [0.15, 0.2) is 36.5 Å². The third-order valence-electron chi connectivity index (χ3n) is 4.60. The largest absolute Gasteiger partial charge is 0.477 e. The van der Waals surface area contributed by atoms with Gasteiger partial charge in [0.15, 0.2) is 0 Å². The van der Waals surface area contributed by atoms with Crippen LogP contribution in [0.3, 0.4) is 0 Å². The number of hydrogen-bond acceptors (Lipinski definition) is 3. The molecule has 1 saturated carbocycles. The first-order valence-electron chi connectivity index (χ1n) is 8.40. The Morgan fingerprint density at radius 2 is 1.88 bits per heavy atom. The van der Waals surface area contributed by atoms with Crippen molar-refractivity contribution in [1.29, 1.82) is 0 Å². The fourth-order valence-electron chi connectivity index (χ4n) is 3.28. The van der Waals surface area contributed by atoms with E-state index in [2.05, 4.69) is 4.98 Å². The van der Waals surface area contributed by atoms with Crippen LogP contribution in [0, 0.1) is 11.6 Å². The van der Waals surface area contributed by atoms with Crippen LogP contribution >= 0.6 is 0 Å². The molecule has 1 aromatic heterocycles. The number of benzene rings is 1. The zero-order valence-corrected chi connectivity index (χ0v) is 14.0. The minimum atomic E-state index is -1.23. The molecule has 1 N–H and O–H groups in total. The van der Waals surface area contributed by atoms with Crippen molar-refractivity contribution in [1.82, 2.24) is 9.88 Å². The monoisotopic (exact) mass is 360 g/mol. The molecule has 1 fully saturated rings. The number of carboxylic acids is 1. The van der Waals surface area contributed by atoms with Crippen LogP contribution in [0.2, 0.25) is 0 Å². The van der Waals surface area contributed by atoms with E-state index in [0.717, 1.165) is 43.9 Å². The fraction of sp³-hybridized carbons (Fsp3) is 0.316. The Balaban J connectivity index is 1.93. The van der Waals surface area contributed by atoms with Crippen molar-refractivity contribution in [2.24, 2.45) is 0 Å². The molecule has 2 aromatic rings. The first-order chi connectivity index (χ1) is 12.5. The first kappa shape index (κ1) is 18.0. The van der Waals surface area contributed by atoms with E-state index in [1.54, 1.807) is 0 Å². The van der Waals surface area contributed by atoms with Gasteiger partial charge in [-0.05, 0) is 43.2 Å². The quantitative estimate of drug-likeness (QED) is 0.884. The van der Waals surface area contributed by atoms with Gasteiger partial charge in [-0.25, -0.2) is 18.6 Å². The molecule has 0 saturated heterocycles. The fourth-order valence-corrected chi connectivity index (χ4v) is 3.28. The summed E-state index contributed by atoms with van der Waals surface area (Å²) < 4.78 is 27.6. The molecule has 1 heterocycles. The smallest absolute Gasteiger partial charge is 0.354 e. The minimum Gasteiger partial charge on any atom is -0.477 e. The SMILES string of the molecule is O=C(O)c1cc(C(=O)N(Cc2cc(F)ccc2F)C2CCCC2)ccn1. The summed E-state index contributed by atoms with van der Waals surface area (Å²) >= 11 is 0. The Morgan fingerprint density at radius 3 is 2.58 bits per heavy atom. The number of carbonyl (C=O) groups excluding carboxylic acids is 1. The van der Waals surface area contributed by atoms with Crippen molar-refractivity contribution in [2.45, 2.75) is 38.3 Å². The molecule has 0 unspecified atom stereocenters. The van der Waals surface area contributed by atoms with Crippen LogP contribution in [0.5, 0.6) is 0 Å². The Kier molecular flexibility index (Phi) is 5.25. The van der Waals surface area contributed by atoms with Gasteiger partial charge in [0.25, 0.3) is 5.91 Å². The van der Waals surface area contributed by atoms with Crippen molar-refractivity contribution in [3.05, 3.63) is 65.0 Å². The van der Waals surface area contributed by atoms with E-state index in [1.165, 1.54) is 23.2 Å². The number of rotatable bonds is 5. The molecule has 7 heteroatoms. The molecule has 136 valence electrons. The highest BCUT2D eigenvalue weighted by Crippen LogP contribution is 2.27. The number of halogens is 2. The van der Waals surface area contributed by atoms with E-state index in [-0.39, 0.29) is 29.4 Å². The van der Waals surface area contributed by atoms with Gasteiger partial charge in [-0.3, -0.25) is 4.79 Å². The molecule has 3 rings (SSSR count). The molecule has 0 bridgehead atoms. The van der Waals surface area contributed by atoms with Crippen LogP contribution in [-0.2, 0) is 6.54 Å². The number of pyridine rings is 1. The Bertz CT molecular complexity index is 835. The summed E-state index contributed by atoms with van der Waals surface area (Å²) in [6.07, 6.45) is 4.72. The van der Waals surface area contributed by atoms with Gasteiger partial charge in [0.05, 0.1) is 0 Å². The first-order valence-corrected chi connectivity index (χ1v) is 8.40. The van der Waals surface area contributed by atoms with E-state index in [0.29, 0.717) is 0 Å². The lowest BCUT2D eigenvalue weighted by molar-refractivity contribution is 0.0662. The molecule has 1 aliphatic rings. The molecule has 5 nitrogen and oxygen atoms in total. The number of carboxylic acid groups (broad SMARTS) is 1. The molecule has 1 aromatic carbocycles. The number of aromatic carboxylic acids is 1. The summed E-state index contributed by atoms with van der Waals surface area (Å²) in [6.45, 7) is -0.0716. The van der Waals surface area contributed by atoms with Gasteiger partial charge in [0, 0.05) is 29.9 Å². The molecule has 0 spiro atoms. The zero-order valence-electron chi connectivity index (χ0n) is 14.0. The van der Waals surface area contributed by atoms with Gasteiger partial charge in [0.2, 0.25) is 0 Å². The molecule has 0 aliphatic heterocycles. The predicted molar refractivity (Wildman–Crippen MR) is 89.7 cm³/mol. The maximum Gasteiger partial charge on any atom is 0.354 e. The van der Waals surface area contributed by atoms with Crippen molar-refractivity contribution in [3.63, 3.8) is 0 Å². The summed E-state index contributed by atoms with van der Waals surface area (Å²) in [5.74, 6) is -2.80. The number of aromatic nitrogens is 1. The Morgan fingerprint density at radius 1 is 1.15 bits per heavy atom. The summed E-state index contributed by atoms with van der Waals surface area (Å²) in [5, 5.41) is 9.06. The second-order valence-corrected chi connectivity index (χ2v) is 6.34. The van der Waals surface area contributed by atoms with Gasteiger partial charge in [0.1, 0.15) is 17.3 Å². The van der Waals surface area contributed by atoms with Crippen LogP contribution in [0.4, 0.5) is 8.78 Å². The van der Waals surface area contributed by atoms with E-state index in [1.807, 2.05) is 0 Å². The average Bonchev–Trinajstić information content (AvgIpc) is 3.16. The summed E-state index contributed by atoms with van der Waals surface area (Å²) in [7, 11) is 0. The van der Waals surface area contributed by atoms with Gasteiger partial charge in [-0.1, -0.05) is 12.8 Å². The van der Waals surface area contributed by atoms with Crippen LogP contribution in [0.1, 0.15) is 52.1 Å². The topological polar surface area (TPSA) is 70.5 Å². The highest BCUT2D eigenvalue weighted by atomic mass is 19.1. The lowest BCUT2D eigenvalue weighted by Crippen LogP contribution is -2.38. The zero-order chi connectivity index (χ0) is 18.7. The molecule has 26 heavy (non-hydrogen) atoms. The summed E-state index contributed by atoms with van der Waals surface area (Å²) in [5.41, 5.74) is 0.0260. The summed E-state index contributed by atoms with van der Waals surface area (Å²) in [4.78, 5) is 29.3. The highest BCUT2D eigenvalue weighted by molar-refractivity contribution is 5.96. The van der Waals surface area contributed by atoms with Gasteiger partial charge < -0.3 is 10.0 Å². The van der Waals surface area contributed by atoms with E-state index < -0.39 is 23.5 Å². The number of carbonyl (C=O) groups is 2. The molecule has 0 radical (unpaired) electrons. The molecular weight excluding hydrogens is 342 g/mol. The second-order valence-electron chi connectivity index (χ2n) is 6.34. The van der Waals surface area contributed by atoms with Crippen molar-refractivity contribution in [2.75, 3.05) is 0 Å². The molecule has 0 atom stereocenters. The van der Waals surface area contributed by atoms with E-state index in [4.69, 9.17) is 5.11 Å². The highest BCUT2D eigenvalue weighted by Gasteiger charge is 2.29. The molecular formula is C19H18F2N2O3. The van der Waals surface area contributed by atoms with E-state index in [9.17, 15) is 18.4 Å².